The molecule has 0 heterocycles. The van der Waals surface area contributed by atoms with Gasteiger partial charge in [0.1, 0.15) is 11.5 Å². The Morgan fingerprint density at radius 1 is 0.580 bits per heavy atom. The van der Waals surface area contributed by atoms with Crippen LogP contribution in [-0.4, -0.2) is 36.9 Å². The molecule has 0 aliphatic rings. The van der Waals surface area contributed by atoms with Gasteiger partial charge in [-0.1, -0.05) is 65.1 Å². The first kappa shape index (κ1) is 41.3. The van der Waals surface area contributed by atoms with Crippen molar-refractivity contribution in [3.63, 3.8) is 0 Å². The Labute approximate surface area is 303 Å². The number of hydrogen-bond donors (Lipinski definition) is 1. The lowest BCUT2D eigenvalue weighted by atomic mass is 9.98. The van der Waals surface area contributed by atoms with E-state index in [1.807, 2.05) is 31.2 Å². The summed E-state index contributed by atoms with van der Waals surface area (Å²) < 4.78 is 49.5. The molecule has 5 aromatic rings. The van der Waals surface area contributed by atoms with E-state index >= 15 is 0 Å². The van der Waals surface area contributed by atoms with E-state index in [4.69, 9.17) is 49.4 Å². The van der Waals surface area contributed by atoms with Crippen LogP contribution in [-0.2, 0) is 0 Å². The van der Waals surface area contributed by atoms with Gasteiger partial charge in [0.25, 0.3) is 0 Å². The van der Waals surface area contributed by atoms with Crippen molar-refractivity contribution in [2.24, 2.45) is 0 Å². The first-order valence-electron chi connectivity index (χ1n) is 14.5. The molecule has 5 rings (SSSR count). The zero-order valence-electron chi connectivity index (χ0n) is 27.5. The topological polar surface area (TPSA) is 89.9 Å². The second-order valence-corrected chi connectivity index (χ2v) is 11.4. The Balaban J connectivity index is 0.000000243. The third-order valence-electron chi connectivity index (χ3n) is 6.61. The van der Waals surface area contributed by atoms with Crippen molar-refractivity contribution in [3.8, 4) is 11.5 Å². The fourth-order valence-corrected chi connectivity index (χ4v) is 4.55. The number of carboxylic acids is 1. The minimum Gasteiger partial charge on any atom is -0.497 e. The van der Waals surface area contributed by atoms with Crippen LogP contribution < -0.4 is 9.47 Å². The standard InChI is InChI=1S/C15H12ClFO2.C8H6ClFO.C8H10O.C7H4ClFO2/c1-9-8-10(19-2)6-7-11(9)15(18)12-4-3-5-13(16)14(12)17;1-5(11)6-3-2-4-7(9)8(6)10;1-7-4-3-5-8(6-7)9-2;8-5-3-1-2-4(6(5)9)7(10)11/h3-8H,1-2H3;2-4H,1H3;3-6H,1-2H3;1-3H,(H,10,11). The van der Waals surface area contributed by atoms with E-state index < -0.39 is 29.0 Å². The monoisotopic (exact) mass is 746 g/mol. The zero-order chi connectivity index (χ0) is 37.5. The summed E-state index contributed by atoms with van der Waals surface area (Å²) in [6, 6.07) is 25.6. The molecule has 12 heteroatoms. The largest absolute Gasteiger partial charge is 0.497 e. The van der Waals surface area contributed by atoms with Crippen molar-refractivity contribution in [1.82, 2.24) is 0 Å². The summed E-state index contributed by atoms with van der Waals surface area (Å²) in [6.07, 6.45) is 0. The normalized spacial score (nSPS) is 9.82. The Bertz CT molecular complexity index is 1910. The number of hydrogen-bond acceptors (Lipinski definition) is 5. The van der Waals surface area contributed by atoms with Crippen molar-refractivity contribution in [2.75, 3.05) is 14.2 Å². The van der Waals surface area contributed by atoms with E-state index in [-0.39, 0.29) is 37.8 Å². The van der Waals surface area contributed by atoms with Crippen molar-refractivity contribution >= 4 is 52.3 Å². The van der Waals surface area contributed by atoms with Gasteiger partial charge in [-0.2, -0.15) is 0 Å². The average Bonchev–Trinajstić information content (AvgIpc) is 3.08. The molecule has 0 bridgehead atoms. The SMILES string of the molecule is CC(=O)c1cccc(Cl)c1F.COc1ccc(C(=O)c2cccc(Cl)c2F)c(C)c1.COc1cccc(C)c1.O=C(O)c1cccc(Cl)c1F. The number of rotatable bonds is 6. The summed E-state index contributed by atoms with van der Waals surface area (Å²) in [5, 5.41) is 8.14. The molecule has 50 heavy (non-hydrogen) atoms. The number of benzene rings is 5. The number of methoxy groups -OCH3 is 2. The maximum absolute atomic E-state index is 13.8. The Kier molecular flexibility index (Phi) is 16.5. The highest BCUT2D eigenvalue weighted by atomic mass is 35.5. The Morgan fingerprint density at radius 3 is 1.42 bits per heavy atom. The Hall–Kier alpha value is -4.83. The second-order valence-electron chi connectivity index (χ2n) is 10.2. The highest BCUT2D eigenvalue weighted by molar-refractivity contribution is 6.32. The van der Waals surface area contributed by atoms with Gasteiger partial charge in [-0.25, -0.2) is 18.0 Å². The molecule has 0 radical (unpaired) electrons. The molecular formula is C38H32Cl3F3O6. The van der Waals surface area contributed by atoms with Gasteiger partial charge in [0, 0.05) is 5.56 Å². The maximum Gasteiger partial charge on any atom is 0.338 e. The molecule has 0 unspecified atom stereocenters. The molecule has 5 aromatic carbocycles. The van der Waals surface area contributed by atoms with E-state index in [0.29, 0.717) is 11.3 Å². The Morgan fingerprint density at radius 2 is 1.02 bits per heavy atom. The van der Waals surface area contributed by atoms with Crippen LogP contribution in [0, 0.1) is 31.3 Å². The summed E-state index contributed by atoms with van der Waals surface area (Å²) in [5.74, 6) is -2.65. The maximum atomic E-state index is 13.8. The average molecular weight is 748 g/mol. The molecule has 1 N–H and O–H groups in total. The molecule has 0 spiro atoms. The molecule has 0 atom stereocenters. The first-order valence-corrected chi connectivity index (χ1v) is 15.6. The van der Waals surface area contributed by atoms with Crippen LogP contribution in [0.2, 0.25) is 15.1 Å². The third-order valence-corrected chi connectivity index (χ3v) is 7.49. The molecule has 6 nitrogen and oxygen atoms in total. The van der Waals surface area contributed by atoms with Gasteiger partial charge >= 0.3 is 5.97 Å². The van der Waals surface area contributed by atoms with Crippen LogP contribution >= 0.6 is 34.8 Å². The highest BCUT2D eigenvalue weighted by Crippen LogP contribution is 2.24. The summed E-state index contributed by atoms with van der Waals surface area (Å²) in [6.45, 7) is 5.12. The number of halogens is 6. The van der Waals surface area contributed by atoms with E-state index in [1.165, 1.54) is 48.9 Å². The number of ketones is 2. The molecule has 0 saturated heterocycles. The summed E-state index contributed by atoms with van der Waals surface area (Å²) in [5.41, 5.74) is 2.00. The number of Topliss-reactive ketones (excluding diaryl/α,β-unsaturated/α-hetero) is 1. The van der Waals surface area contributed by atoms with Crippen molar-refractivity contribution in [1.29, 1.82) is 0 Å². The third kappa shape index (κ3) is 11.9. The quantitative estimate of drug-likeness (QED) is 0.174. The number of aryl methyl sites for hydroxylation is 2. The van der Waals surface area contributed by atoms with E-state index in [9.17, 15) is 27.6 Å². The van der Waals surface area contributed by atoms with E-state index in [2.05, 4.69) is 0 Å². The molecule has 262 valence electrons. The van der Waals surface area contributed by atoms with Crippen LogP contribution in [0.15, 0.2) is 97.1 Å². The highest BCUT2D eigenvalue weighted by Gasteiger charge is 2.18. The van der Waals surface area contributed by atoms with Crippen molar-refractivity contribution in [3.05, 3.63) is 163 Å². The molecular weight excluding hydrogens is 716 g/mol. The minimum absolute atomic E-state index is 0.0160. The number of carbonyl (C=O) groups excluding carboxylic acids is 2. The van der Waals surface area contributed by atoms with Gasteiger partial charge < -0.3 is 14.6 Å². The van der Waals surface area contributed by atoms with Crippen molar-refractivity contribution in [2.45, 2.75) is 20.8 Å². The first-order chi connectivity index (χ1) is 23.6. The van der Waals surface area contributed by atoms with Gasteiger partial charge in [0.15, 0.2) is 29.0 Å². The smallest absolute Gasteiger partial charge is 0.338 e. The van der Waals surface area contributed by atoms with Gasteiger partial charge in [-0.05, 0) is 98.6 Å². The predicted molar refractivity (Wildman–Crippen MR) is 190 cm³/mol. The minimum atomic E-state index is -1.31. The number of ether oxygens (including phenoxy) is 2. The number of carbonyl (C=O) groups is 3. The lowest BCUT2D eigenvalue weighted by Gasteiger charge is -2.08. The fraction of sp³-hybridized carbons (Fsp3) is 0.132. The van der Waals surface area contributed by atoms with E-state index in [0.717, 1.165) is 17.4 Å². The van der Waals surface area contributed by atoms with Gasteiger partial charge in [-0.15, -0.1) is 0 Å². The second kappa shape index (κ2) is 20.0. The van der Waals surface area contributed by atoms with Crippen LogP contribution in [0.3, 0.4) is 0 Å². The van der Waals surface area contributed by atoms with Crippen LogP contribution in [0.4, 0.5) is 13.2 Å². The number of carboxylic acid groups (broad SMARTS) is 1. The molecule has 0 fully saturated rings. The van der Waals surface area contributed by atoms with Gasteiger partial charge in [-0.3, -0.25) is 9.59 Å². The molecule has 0 aromatic heterocycles. The summed E-state index contributed by atoms with van der Waals surface area (Å²) in [7, 11) is 3.22. The summed E-state index contributed by atoms with van der Waals surface area (Å²) in [4.78, 5) is 33.3. The molecule has 0 aliphatic carbocycles. The van der Waals surface area contributed by atoms with Crippen molar-refractivity contribution < 1.29 is 42.1 Å². The lowest BCUT2D eigenvalue weighted by molar-refractivity contribution is 0.0691. The van der Waals surface area contributed by atoms with E-state index in [1.54, 1.807) is 51.5 Å². The zero-order valence-corrected chi connectivity index (χ0v) is 29.8. The fourth-order valence-electron chi connectivity index (χ4n) is 4.03. The number of aromatic carboxylic acids is 1. The van der Waals surface area contributed by atoms with Gasteiger partial charge in [0.05, 0.1) is 46.0 Å². The van der Waals surface area contributed by atoms with Gasteiger partial charge in [0.2, 0.25) is 0 Å². The molecule has 0 aliphatic heterocycles. The summed E-state index contributed by atoms with van der Waals surface area (Å²) >= 11 is 16.4. The molecule has 0 amide bonds. The van der Waals surface area contributed by atoms with Crippen LogP contribution in [0.1, 0.15) is 54.7 Å². The molecule has 0 saturated carbocycles. The predicted octanol–water partition coefficient (Wildman–Crippen LogP) is 10.9. The van der Waals surface area contributed by atoms with Crippen LogP contribution in [0.5, 0.6) is 11.5 Å². The lowest BCUT2D eigenvalue weighted by Crippen LogP contribution is -2.06. The van der Waals surface area contributed by atoms with Crippen LogP contribution in [0.25, 0.3) is 0 Å².